The summed E-state index contributed by atoms with van der Waals surface area (Å²) in [4.78, 5) is 33.1. The number of hydrogen-bond donors (Lipinski definition) is 0. The lowest BCUT2D eigenvalue weighted by Crippen LogP contribution is -2.46. The van der Waals surface area contributed by atoms with Crippen LogP contribution in [-0.4, -0.2) is 36.5 Å². The molecule has 2 amide bonds. The maximum absolute atomic E-state index is 13.1. The molecule has 29 heavy (non-hydrogen) atoms. The van der Waals surface area contributed by atoms with Crippen LogP contribution in [-0.2, 0) is 9.59 Å². The van der Waals surface area contributed by atoms with Gasteiger partial charge in [-0.15, -0.1) is 17.9 Å². The monoisotopic (exact) mass is 405 g/mol. The molecule has 7 heteroatoms. The molecule has 4 rings (SSSR count). The van der Waals surface area contributed by atoms with Crippen molar-refractivity contribution in [2.45, 2.75) is 0 Å². The largest absolute Gasteiger partial charge is 0.482 e. The molecule has 1 aliphatic rings. The average Bonchev–Trinajstić information content (AvgIpc) is 3.24. The van der Waals surface area contributed by atoms with E-state index < -0.39 is 0 Å². The Labute approximate surface area is 172 Å². The fourth-order valence-electron chi connectivity index (χ4n) is 3.09. The number of para-hydroxylation sites is 2. The van der Waals surface area contributed by atoms with Crippen LogP contribution in [0.25, 0.3) is 11.3 Å². The van der Waals surface area contributed by atoms with Crippen molar-refractivity contribution in [2.24, 2.45) is 0 Å². The summed E-state index contributed by atoms with van der Waals surface area (Å²) < 4.78 is 5.45. The van der Waals surface area contributed by atoms with Crippen molar-refractivity contribution in [2.75, 3.05) is 29.5 Å². The summed E-state index contributed by atoms with van der Waals surface area (Å²) >= 11 is 1.39. The number of ether oxygens (including phenoxy) is 1. The molecule has 6 nitrogen and oxygen atoms in total. The summed E-state index contributed by atoms with van der Waals surface area (Å²) in [5.41, 5.74) is 2.39. The van der Waals surface area contributed by atoms with Gasteiger partial charge in [-0.3, -0.25) is 19.4 Å². The van der Waals surface area contributed by atoms with Crippen molar-refractivity contribution < 1.29 is 14.3 Å². The first-order valence-electron chi connectivity index (χ1n) is 9.12. The van der Waals surface area contributed by atoms with Crippen molar-refractivity contribution in [1.82, 2.24) is 4.98 Å². The molecule has 0 unspecified atom stereocenters. The number of nitrogens with zero attached hydrogens (tertiary/aromatic N) is 3. The molecule has 0 spiro atoms. The third-order valence-corrected chi connectivity index (χ3v) is 5.37. The number of aromatic nitrogens is 1. The van der Waals surface area contributed by atoms with Gasteiger partial charge in [-0.1, -0.05) is 48.5 Å². The van der Waals surface area contributed by atoms with E-state index >= 15 is 0 Å². The lowest BCUT2D eigenvalue weighted by atomic mass is 10.2. The minimum absolute atomic E-state index is 0.0822. The molecule has 2 aromatic carbocycles. The first-order valence-corrected chi connectivity index (χ1v) is 9.99. The van der Waals surface area contributed by atoms with Gasteiger partial charge in [0.1, 0.15) is 12.3 Å². The number of anilines is 2. The van der Waals surface area contributed by atoms with Crippen LogP contribution in [0.4, 0.5) is 10.8 Å². The standard InChI is InChI=1S/C22H19N3O3S/c1-2-12-24(22-23-17(15-29-22)16-8-4-3-5-9-16)20(26)13-25-18-10-6-7-11-19(18)28-14-21(25)27/h2-11,15H,1,12-14H2. The highest BCUT2D eigenvalue weighted by Gasteiger charge is 2.29. The number of carbonyl (C=O) groups is 2. The number of rotatable bonds is 6. The maximum Gasteiger partial charge on any atom is 0.265 e. The lowest BCUT2D eigenvalue weighted by Gasteiger charge is -2.30. The highest BCUT2D eigenvalue weighted by Crippen LogP contribution is 2.32. The van der Waals surface area contributed by atoms with Crippen LogP contribution in [0.5, 0.6) is 5.75 Å². The minimum Gasteiger partial charge on any atom is -0.482 e. The van der Waals surface area contributed by atoms with E-state index in [0.717, 1.165) is 11.3 Å². The quantitative estimate of drug-likeness (QED) is 0.586. The van der Waals surface area contributed by atoms with Gasteiger partial charge in [0.2, 0.25) is 5.91 Å². The predicted molar refractivity (Wildman–Crippen MR) is 114 cm³/mol. The predicted octanol–water partition coefficient (Wildman–Crippen LogP) is 3.75. The number of benzene rings is 2. The van der Waals surface area contributed by atoms with Crippen molar-refractivity contribution in [3.05, 3.63) is 72.6 Å². The summed E-state index contributed by atoms with van der Waals surface area (Å²) in [5.74, 6) is 0.111. The normalized spacial score (nSPS) is 12.8. The van der Waals surface area contributed by atoms with Gasteiger partial charge in [0.25, 0.3) is 5.91 Å². The van der Waals surface area contributed by atoms with Crippen LogP contribution < -0.4 is 14.5 Å². The van der Waals surface area contributed by atoms with Crippen LogP contribution >= 0.6 is 11.3 Å². The van der Waals surface area contributed by atoms with Gasteiger partial charge >= 0.3 is 0 Å². The van der Waals surface area contributed by atoms with E-state index in [0.29, 0.717) is 23.1 Å². The molecule has 0 radical (unpaired) electrons. The van der Waals surface area contributed by atoms with Crippen molar-refractivity contribution in [3.8, 4) is 17.0 Å². The summed E-state index contributed by atoms with van der Waals surface area (Å²) in [7, 11) is 0. The van der Waals surface area contributed by atoms with Gasteiger partial charge in [0.05, 0.1) is 11.4 Å². The average molecular weight is 405 g/mol. The molecule has 2 heterocycles. The Morgan fingerprint density at radius 1 is 1.21 bits per heavy atom. The second-order valence-corrected chi connectivity index (χ2v) is 7.25. The van der Waals surface area contributed by atoms with E-state index in [-0.39, 0.29) is 25.0 Å². The number of hydrogen-bond acceptors (Lipinski definition) is 5. The Bertz CT molecular complexity index is 1050. The lowest BCUT2D eigenvalue weighted by molar-refractivity contribution is -0.124. The minimum atomic E-state index is -0.250. The number of amides is 2. The molecule has 0 saturated carbocycles. The van der Waals surface area contributed by atoms with Gasteiger partial charge in [-0.2, -0.15) is 0 Å². The van der Waals surface area contributed by atoms with E-state index in [4.69, 9.17) is 4.74 Å². The fourth-order valence-corrected chi connectivity index (χ4v) is 3.95. The Kier molecular flexibility index (Phi) is 5.39. The maximum atomic E-state index is 13.1. The smallest absolute Gasteiger partial charge is 0.265 e. The van der Waals surface area contributed by atoms with E-state index in [9.17, 15) is 9.59 Å². The van der Waals surface area contributed by atoms with Gasteiger partial charge < -0.3 is 4.74 Å². The summed E-state index contributed by atoms with van der Waals surface area (Å²) in [6.07, 6.45) is 1.65. The molecule has 0 saturated heterocycles. The van der Waals surface area contributed by atoms with Gasteiger partial charge in [-0.25, -0.2) is 4.98 Å². The molecular formula is C22H19N3O3S. The molecule has 0 bridgehead atoms. The van der Waals surface area contributed by atoms with Crippen LogP contribution in [0.3, 0.4) is 0 Å². The Balaban J connectivity index is 1.58. The molecular weight excluding hydrogens is 386 g/mol. The molecule has 1 aromatic heterocycles. The topological polar surface area (TPSA) is 62.7 Å². The highest BCUT2D eigenvalue weighted by molar-refractivity contribution is 7.14. The summed E-state index contributed by atoms with van der Waals surface area (Å²) in [6.45, 7) is 3.89. The molecule has 1 aliphatic heterocycles. The first-order chi connectivity index (χ1) is 14.2. The summed E-state index contributed by atoms with van der Waals surface area (Å²) in [5, 5.41) is 2.49. The van der Waals surface area contributed by atoms with Crippen molar-refractivity contribution in [1.29, 1.82) is 0 Å². The third-order valence-electron chi connectivity index (χ3n) is 4.51. The fraction of sp³-hybridized carbons (Fsp3) is 0.136. The second-order valence-electron chi connectivity index (χ2n) is 6.41. The van der Waals surface area contributed by atoms with Crippen LogP contribution in [0, 0.1) is 0 Å². The van der Waals surface area contributed by atoms with Crippen LogP contribution in [0.15, 0.2) is 72.6 Å². The first kappa shape index (κ1) is 18.9. The van der Waals surface area contributed by atoms with E-state index in [1.807, 2.05) is 47.8 Å². The SMILES string of the molecule is C=CCN(C(=O)CN1C(=O)COc2ccccc21)c1nc(-c2ccccc2)cs1. The molecule has 0 atom stereocenters. The highest BCUT2D eigenvalue weighted by atomic mass is 32.1. The van der Waals surface area contributed by atoms with Gasteiger partial charge in [-0.05, 0) is 12.1 Å². The number of fused-ring (bicyclic) bond motifs is 1. The third kappa shape index (κ3) is 3.90. The zero-order valence-electron chi connectivity index (χ0n) is 15.7. The Hall–Kier alpha value is -3.45. The molecule has 0 N–H and O–H groups in total. The van der Waals surface area contributed by atoms with Crippen LogP contribution in [0.2, 0.25) is 0 Å². The van der Waals surface area contributed by atoms with E-state index in [1.165, 1.54) is 16.2 Å². The molecule has 146 valence electrons. The zero-order valence-corrected chi connectivity index (χ0v) is 16.5. The molecule has 3 aromatic rings. The van der Waals surface area contributed by atoms with Crippen molar-refractivity contribution >= 4 is 34.0 Å². The Morgan fingerprint density at radius 3 is 2.76 bits per heavy atom. The van der Waals surface area contributed by atoms with E-state index in [2.05, 4.69) is 11.6 Å². The number of carbonyl (C=O) groups excluding carboxylic acids is 2. The van der Waals surface area contributed by atoms with E-state index in [1.54, 1.807) is 23.1 Å². The number of thiazole rings is 1. The molecule has 0 fully saturated rings. The summed E-state index contributed by atoms with van der Waals surface area (Å²) in [6, 6.07) is 17.0. The zero-order chi connectivity index (χ0) is 20.2. The van der Waals surface area contributed by atoms with Crippen molar-refractivity contribution in [3.63, 3.8) is 0 Å². The van der Waals surface area contributed by atoms with Gasteiger partial charge in [0.15, 0.2) is 11.7 Å². The van der Waals surface area contributed by atoms with Crippen LogP contribution in [0.1, 0.15) is 0 Å². The van der Waals surface area contributed by atoms with Gasteiger partial charge in [0, 0.05) is 17.5 Å². The second kappa shape index (κ2) is 8.28. The Morgan fingerprint density at radius 2 is 1.97 bits per heavy atom. The molecule has 0 aliphatic carbocycles.